The number of aromatic nitrogens is 1. The van der Waals surface area contributed by atoms with Crippen LogP contribution in [0.15, 0.2) is 41.2 Å². The van der Waals surface area contributed by atoms with E-state index in [1.807, 2.05) is 0 Å². The van der Waals surface area contributed by atoms with Gasteiger partial charge in [0, 0.05) is 28.3 Å². The van der Waals surface area contributed by atoms with E-state index in [1.165, 1.54) is 22.8 Å². The zero-order valence-corrected chi connectivity index (χ0v) is 19.6. The van der Waals surface area contributed by atoms with Gasteiger partial charge in [0.2, 0.25) is 0 Å². The van der Waals surface area contributed by atoms with Crippen LogP contribution in [-0.2, 0) is 27.4 Å². The van der Waals surface area contributed by atoms with Gasteiger partial charge in [-0.15, -0.1) is 11.3 Å². The minimum atomic E-state index is -0.600. The number of nitrogens with zero attached hydrogens (tertiary/aromatic N) is 2. The van der Waals surface area contributed by atoms with Crippen molar-refractivity contribution in [1.82, 2.24) is 4.57 Å². The smallest absolute Gasteiger partial charge is 0.333 e. The minimum Gasteiger partial charge on any atom is -0.467 e. The molecule has 1 aromatic heterocycles. The molecular weight excluding hydrogens is 484 g/mol. The summed E-state index contributed by atoms with van der Waals surface area (Å²) >= 11 is 7.16. The number of ether oxygens (including phenoxy) is 3. The van der Waals surface area contributed by atoms with Crippen molar-refractivity contribution in [1.29, 1.82) is 0 Å². The maximum absolute atomic E-state index is 13.3. The number of non-ortho nitro benzene ring substituents is 1. The van der Waals surface area contributed by atoms with Crippen molar-refractivity contribution in [2.45, 2.75) is 20.1 Å². The van der Waals surface area contributed by atoms with E-state index in [1.54, 1.807) is 37.3 Å². The van der Waals surface area contributed by atoms with Crippen LogP contribution in [0.3, 0.4) is 0 Å². The van der Waals surface area contributed by atoms with E-state index in [0.29, 0.717) is 36.7 Å². The summed E-state index contributed by atoms with van der Waals surface area (Å²) in [6.07, 6.45) is 2.91. The third-order valence-corrected chi connectivity index (χ3v) is 6.22. The van der Waals surface area contributed by atoms with Crippen molar-refractivity contribution in [3.05, 3.63) is 87.8 Å². The molecule has 3 aromatic rings. The lowest BCUT2D eigenvalue weighted by atomic mass is 10.1. The SMILES string of the molecule is CCOC(=O)/C=c1/s/c(=C\c2cccc(Cl)c2)c(=O)n1Cc1cc([N+](=O)[O-])cc2c1OCOC2. The lowest BCUT2D eigenvalue weighted by molar-refractivity contribution is -0.385. The molecular formula is C23H19ClN2O7S. The average Bonchev–Trinajstić information content (AvgIpc) is 3.07. The molecule has 0 radical (unpaired) electrons. The highest BCUT2D eigenvalue weighted by Crippen LogP contribution is 2.32. The Bertz CT molecular complexity index is 1440. The predicted octanol–water partition coefficient (Wildman–Crippen LogP) is 2.56. The van der Waals surface area contributed by atoms with Crippen LogP contribution < -0.4 is 19.5 Å². The zero-order chi connectivity index (χ0) is 24.2. The second-order valence-electron chi connectivity index (χ2n) is 7.25. The topological polar surface area (TPSA) is 110 Å². The normalized spacial score (nSPS) is 13.9. The Morgan fingerprint density at radius 2 is 2.18 bits per heavy atom. The van der Waals surface area contributed by atoms with Gasteiger partial charge >= 0.3 is 5.97 Å². The van der Waals surface area contributed by atoms with Crippen molar-refractivity contribution >= 4 is 46.7 Å². The quantitative estimate of drug-likeness (QED) is 0.289. The van der Waals surface area contributed by atoms with Crippen molar-refractivity contribution in [3.8, 4) is 5.75 Å². The van der Waals surface area contributed by atoms with Crippen LogP contribution in [0.1, 0.15) is 23.6 Å². The van der Waals surface area contributed by atoms with Gasteiger partial charge in [-0.1, -0.05) is 23.7 Å². The molecule has 1 aliphatic rings. The second-order valence-corrected chi connectivity index (χ2v) is 8.75. The van der Waals surface area contributed by atoms with Crippen LogP contribution in [0.2, 0.25) is 5.02 Å². The third-order valence-electron chi connectivity index (χ3n) is 4.92. The van der Waals surface area contributed by atoms with Gasteiger partial charge in [0.05, 0.1) is 35.3 Å². The molecule has 0 aliphatic carbocycles. The first-order valence-corrected chi connectivity index (χ1v) is 11.4. The number of carbonyl (C=O) groups excluding carboxylic acids is 1. The van der Waals surface area contributed by atoms with Crippen molar-refractivity contribution < 1.29 is 23.9 Å². The van der Waals surface area contributed by atoms with E-state index in [9.17, 15) is 19.7 Å². The zero-order valence-electron chi connectivity index (χ0n) is 18.0. The molecule has 1 aliphatic heterocycles. The summed E-state index contributed by atoms with van der Waals surface area (Å²) in [6, 6.07) is 9.75. The van der Waals surface area contributed by atoms with Crippen LogP contribution in [-0.4, -0.2) is 28.9 Å². The van der Waals surface area contributed by atoms with Crippen LogP contribution in [0.5, 0.6) is 5.75 Å². The van der Waals surface area contributed by atoms with Crippen molar-refractivity contribution in [2.24, 2.45) is 0 Å². The van der Waals surface area contributed by atoms with Gasteiger partial charge in [-0.3, -0.25) is 19.5 Å². The molecule has 0 saturated heterocycles. The Morgan fingerprint density at radius 1 is 1.35 bits per heavy atom. The Hall–Kier alpha value is -3.47. The van der Waals surface area contributed by atoms with Gasteiger partial charge in [0.25, 0.3) is 11.2 Å². The standard InChI is InChI=1S/C23H19ClN2O7S/c1-2-32-21(27)10-20-25(23(28)19(34-20)7-14-4-3-5-17(24)6-14)11-15-8-18(26(29)30)9-16-12-31-13-33-22(15)16/h3-10H,2,11-13H2,1H3/b19-7-,20-10+. The van der Waals surface area contributed by atoms with Crippen molar-refractivity contribution in [2.75, 3.05) is 13.4 Å². The van der Waals surface area contributed by atoms with E-state index in [-0.39, 0.29) is 37.8 Å². The maximum atomic E-state index is 13.3. The maximum Gasteiger partial charge on any atom is 0.333 e. The molecule has 11 heteroatoms. The van der Waals surface area contributed by atoms with E-state index < -0.39 is 10.9 Å². The first-order chi connectivity index (χ1) is 16.4. The van der Waals surface area contributed by atoms with Gasteiger partial charge in [0.1, 0.15) is 10.4 Å². The Balaban J connectivity index is 1.89. The molecule has 0 N–H and O–H groups in total. The van der Waals surface area contributed by atoms with Gasteiger partial charge < -0.3 is 14.2 Å². The molecule has 0 amide bonds. The lowest BCUT2D eigenvalue weighted by Crippen LogP contribution is -2.32. The molecule has 4 rings (SSSR count). The van der Waals surface area contributed by atoms with Gasteiger partial charge in [-0.05, 0) is 30.7 Å². The predicted molar refractivity (Wildman–Crippen MR) is 126 cm³/mol. The first kappa shape index (κ1) is 23.7. The molecule has 34 heavy (non-hydrogen) atoms. The molecule has 176 valence electrons. The fourth-order valence-electron chi connectivity index (χ4n) is 3.50. The van der Waals surface area contributed by atoms with Crippen LogP contribution >= 0.6 is 22.9 Å². The summed E-state index contributed by atoms with van der Waals surface area (Å²) in [5.41, 5.74) is 1.15. The number of halogens is 1. The molecule has 0 bridgehead atoms. The third kappa shape index (κ3) is 5.19. The number of fused-ring (bicyclic) bond motifs is 1. The number of carbonyl (C=O) groups is 1. The summed E-state index contributed by atoms with van der Waals surface area (Å²) in [5, 5.41) is 12.0. The molecule has 9 nitrogen and oxygen atoms in total. The second kappa shape index (κ2) is 10.2. The Labute approximate surface area is 202 Å². The average molecular weight is 503 g/mol. The molecule has 0 fully saturated rings. The number of rotatable bonds is 6. The lowest BCUT2D eigenvalue weighted by Gasteiger charge is -2.20. The summed E-state index contributed by atoms with van der Waals surface area (Å²) in [4.78, 5) is 36.5. The number of hydrogen-bond donors (Lipinski definition) is 0. The van der Waals surface area contributed by atoms with E-state index >= 15 is 0 Å². The Morgan fingerprint density at radius 3 is 2.91 bits per heavy atom. The summed E-state index contributed by atoms with van der Waals surface area (Å²) in [6.45, 7) is 1.96. The highest BCUT2D eigenvalue weighted by Gasteiger charge is 2.22. The first-order valence-electron chi connectivity index (χ1n) is 10.2. The Kier molecular flexibility index (Phi) is 7.11. The molecule has 0 atom stereocenters. The van der Waals surface area contributed by atoms with Gasteiger partial charge in [-0.25, -0.2) is 4.79 Å². The summed E-state index contributed by atoms with van der Waals surface area (Å²) in [5.74, 6) is -0.171. The number of nitro groups is 1. The van der Waals surface area contributed by atoms with Gasteiger partial charge in [0.15, 0.2) is 6.79 Å². The summed E-state index contributed by atoms with van der Waals surface area (Å²) in [7, 11) is 0. The minimum absolute atomic E-state index is 0.00799. The molecule has 0 unspecified atom stereocenters. The highest BCUT2D eigenvalue weighted by molar-refractivity contribution is 7.07. The van der Waals surface area contributed by atoms with E-state index in [4.69, 9.17) is 25.8 Å². The number of thiazole rings is 1. The van der Waals surface area contributed by atoms with Gasteiger partial charge in [-0.2, -0.15) is 0 Å². The van der Waals surface area contributed by atoms with E-state index in [0.717, 1.165) is 11.3 Å². The monoisotopic (exact) mass is 502 g/mol. The number of esters is 1. The number of hydrogen-bond acceptors (Lipinski definition) is 8. The molecule has 2 heterocycles. The summed E-state index contributed by atoms with van der Waals surface area (Å²) < 4.78 is 17.9. The van der Waals surface area contributed by atoms with Crippen LogP contribution in [0, 0.1) is 10.1 Å². The largest absolute Gasteiger partial charge is 0.467 e. The highest BCUT2D eigenvalue weighted by atomic mass is 35.5. The van der Waals surface area contributed by atoms with Crippen molar-refractivity contribution in [3.63, 3.8) is 0 Å². The number of nitro benzene ring substituents is 1. The van der Waals surface area contributed by atoms with Crippen LogP contribution in [0.25, 0.3) is 12.2 Å². The van der Waals surface area contributed by atoms with Crippen LogP contribution in [0.4, 0.5) is 5.69 Å². The molecule has 0 spiro atoms. The fourth-order valence-corrected chi connectivity index (χ4v) is 4.73. The van der Waals surface area contributed by atoms with E-state index in [2.05, 4.69) is 0 Å². The molecule has 2 aromatic carbocycles. The fraction of sp³-hybridized carbons (Fsp3) is 0.217. The molecule has 0 saturated carbocycles. The number of benzene rings is 2.